The Balaban J connectivity index is 2.20. The van der Waals surface area contributed by atoms with Crippen LogP contribution in [0.5, 0.6) is 0 Å². The van der Waals surface area contributed by atoms with Crippen molar-refractivity contribution in [3.8, 4) is 6.07 Å². The van der Waals surface area contributed by atoms with Crippen LogP contribution in [0.1, 0.15) is 38.2 Å². The molecule has 1 saturated carbocycles. The number of aromatic nitrogens is 1. The molecular formula is C13H17N3. The van der Waals surface area contributed by atoms with Gasteiger partial charge in [0.25, 0.3) is 0 Å². The number of hydrogen-bond acceptors (Lipinski definition) is 3. The zero-order chi connectivity index (χ0) is 11.4. The van der Waals surface area contributed by atoms with Crippen LogP contribution in [0.4, 0.5) is 5.69 Å². The van der Waals surface area contributed by atoms with Crippen LogP contribution < -0.4 is 4.90 Å². The van der Waals surface area contributed by atoms with Crippen LogP contribution in [0.25, 0.3) is 0 Å². The predicted octanol–water partition coefficient (Wildman–Crippen LogP) is 2.72. The Morgan fingerprint density at radius 1 is 1.56 bits per heavy atom. The molecule has 0 aromatic carbocycles. The molecule has 0 N–H and O–H groups in total. The van der Waals surface area contributed by atoms with Gasteiger partial charge in [0.05, 0.1) is 17.4 Å². The summed E-state index contributed by atoms with van der Waals surface area (Å²) < 4.78 is 0. The summed E-state index contributed by atoms with van der Waals surface area (Å²) in [6.07, 6.45) is 8.38. The minimum absolute atomic E-state index is 0.642. The smallest absolute Gasteiger partial charge is 0.101 e. The SMILES string of the molecule is CCCCN(c1cnccc1C#N)C1CC1. The summed E-state index contributed by atoms with van der Waals surface area (Å²) in [7, 11) is 0. The minimum Gasteiger partial charge on any atom is -0.366 e. The fourth-order valence-corrected chi connectivity index (χ4v) is 1.92. The van der Waals surface area contributed by atoms with E-state index < -0.39 is 0 Å². The molecule has 2 rings (SSSR count). The molecule has 1 aliphatic rings. The maximum Gasteiger partial charge on any atom is 0.101 e. The van der Waals surface area contributed by atoms with Gasteiger partial charge >= 0.3 is 0 Å². The van der Waals surface area contributed by atoms with Crippen molar-refractivity contribution in [3.63, 3.8) is 0 Å². The van der Waals surface area contributed by atoms with Crippen LogP contribution in [0, 0.1) is 11.3 Å². The zero-order valence-corrected chi connectivity index (χ0v) is 9.69. The number of unbranched alkanes of at least 4 members (excludes halogenated alkanes) is 1. The van der Waals surface area contributed by atoms with Crippen LogP contribution in [-0.4, -0.2) is 17.6 Å². The van der Waals surface area contributed by atoms with Crippen molar-refractivity contribution in [1.82, 2.24) is 4.98 Å². The normalized spacial score (nSPS) is 14.5. The van der Waals surface area contributed by atoms with Gasteiger partial charge in [-0.25, -0.2) is 0 Å². The van der Waals surface area contributed by atoms with Crippen molar-refractivity contribution in [3.05, 3.63) is 24.0 Å². The predicted molar refractivity (Wildman–Crippen MR) is 64.2 cm³/mol. The molecule has 1 aromatic heterocycles. The fourth-order valence-electron chi connectivity index (χ4n) is 1.92. The first-order valence-electron chi connectivity index (χ1n) is 5.97. The molecule has 84 valence electrons. The average Bonchev–Trinajstić information content (AvgIpc) is 3.14. The third-order valence-electron chi connectivity index (χ3n) is 2.97. The molecule has 0 radical (unpaired) electrons. The van der Waals surface area contributed by atoms with Crippen molar-refractivity contribution < 1.29 is 0 Å². The van der Waals surface area contributed by atoms with Crippen molar-refractivity contribution in [2.75, 3.05) is 11.4 Å². The second kappa shape index (κ2) is 4.98. The summed E-state index contributed by atoms with van der Waals surface area (Å²) in [5.41, 5.74) is 1.76. The molecule has 0 atom stereocenters. The van der Waals surface area contributed by atoms with Crippen molar-refractivity contribution in [2.45, 2.75) is 38.6 Å². The molecule has 16 heavy (non-hydrogen) atoms. The average molecular weight is 215 g/mol. The molecule has 3 nitrogen and oxygen atoms in total. The monoisotopic (exact) mass is 215 g/mol. The van der Waals surface area contributed by atoms with Gasteiger partial charge in [-0.1, -0.05) is 13.3 Å². The number of nitrogens with zero attached hydrogens (tertiary/aromatic N) is 3. The lowest BCUT2D eigenvalue weighted by molar-refractivity contribution is 0.711. The van der Waals surface area contributed by atoms with Crippen LogP contribution in [0.15, 0.2) is 18.5 Å². The molecule has 1 aliphatic carbocycles. The third kappa shape index (κ3) is 2.33. The summed E-state index contributed by atoms with van der Waals surface area (Å²) in [5, 5.41) is 9.09. The number of anilines is 1. The highest BCUT2D eigenvalue weighted by atomic mass is 15.2. The van der Waals surface area contributed by atoms with E-state index in [0.717, 1.165) is 17.8 Å². The number of nitriles is 1. The Bertz CT molecular complexity index is 390. The topological polar surface area (TPSA) is 39.9 Å². The van der Waals surface area contributed by atoms with E-state index in [1.54, 1.807) is 12.3 Å². The molecule has 0 saturated heterocycles. The van der Waals surface area contributed by atoms with E-state index >= 15 is 0 Å². The van der Waals surface area contributed by atoms with Crippen molar-refractivity contribution in [1.29, 1.82) is 5.26 Å². The third-order valence-corrected chi connectivity index (χ3v) is 2.97. The number of rotatable bonds is 5. The van der Waals surface area contributed by atoms with Crippen molar-refractivity contribution in [2.24, 2.45) is 0 Å². The van der Waals surface area contributed by atoms with Crippen LogP contribution >= 0.6 is 0 Å². The Kier molecular flexibility index (Phi) is 3.40. The van der Waals surface area contributed by atoms with Gasteiger partial charge in [-0.05, 0) is 25.3 Å². The first kappa shape index (κ1) is 10.9. The number of pyridine rings is 1. The van der Waals surface area contributed by atoms with Gasteiger partial charge < -0.3 is 4.90 Å². The summed E-state index contributed by atoms with van der Waals surface area (Å²) in [5.74, 6) is 0. The van der Waals surface area contributed by atoms with Crippen molar-refractivity contribution >= 4 is 5.69 Å². The van der Waals surface area contributed by atoms with Gasteiger partial charge in [0.15, 0.2) is 0 Å². The van der Waals surface area contributed by atoms with Crippen LogP contribution in [-0.2, 0) is 0 Å². The Morgan fingerprint density at radius 2 is 2.38 bits per heavy atom. The van der Waals surface area contributed by atoms with Gasteiger partial charge in [0.2, 0.25) is 0 Å². The molecule has 1 heterocycles. The lowest BCUT2D eigenvalue weighted by Crippen LogP contribution is -2.27. The summed E-state index contributed by atoms with van der Waals surface area (Å²) in [6.45, 7) is 3.24. The Morgan fingerprint density at radius 3 is 3.00 bits per heavy atom. The Hall–Kier alpha value is -1.56. The van der Waals surface area contributed by atoms with E-state index in [2.05, 4.69) is 22.9 Å². The quantitative estimate of drug-likeness (QED) is 0.758. The lowest BCUT2D eigenvalue weighted by Gasteiger charge is -2.24. The van der Waals surface area contributed by atoms with Gasteiger partial charge in [0, 0.05) is 18.8 Å². The van der Waals surface area contributed by atoms with E-state index in [1.807, 2.05) is 6.20 Å². The maximum atomic E-state index is 9.09. The lowest BCUT2D eigenvalue weighted by atomic mass is 10.2. The van der Waals surface area contributed by atoms with E-state index in [4.69, 9.17) is 5.26 Å². The highest BCUT2D eigenvalue weighted by Gasteiger charge is 2.30. The molecule has 3 heteroatoms. The molecule has 0 aliphatic heterocycles. The van der Waals surface area contributed by atoms with E-state index in [0.29, 0.717) is 6.04 Å². The molecule has 0 unspecified atom stereocenters. The molecule has 1 fully saturated rings. The summed E-state index contributed by atoms with van der Waals surface area (Å²) >= 11 is 0. The molecule has 0 spiro atoms. The van der Waals surface area contributed by atoms with Crippen LogP contribution in [0.2, 0.25) is 0 Å². The highest BCUT2D eigenvalue weighted by Crippen LogP contribution is 2.33. The van der Waals surface area contributed by atoms with Crippen LogP contribution in [0.3, 0.4) is 0 Å². The van der Waals surface area contributed by atoms with E-state index in [9.17, 15) is 0 Å². The van der Waals surface area contributed by atoms with E-state index in [-0.39, 0.29) is 0 Å². The standard InChI is InChI=1S/C13H17N3/c1-2-3-8-16(12-4-5-12)13-10-15-7-6-11(13)9-14/h6-7,10,12H,2-5,8H2,1H3. The van der Waals surface area contributed by atoms with E-state index in [1.165, 1.54) is 25.7 Å². The number of hydrogen-bond donors (Lipinski definition) is 0. The summed E-state index contributed by atoms with van der Waals surface area (Å²) in [4.78, 5) is 6.50. The molecule has 0 amide bonds. The summed E-state index contributed by atoms with van der Waals surface area (Å²) in [6, 6.07) is 4.70. The first-order valence-corrected chi connectivity index (χ1v) is 5.97. The van der Waals surface area contributed by atoms with Gasteiger partial charge in [-0.3, -0.25) is 4.98 Å². The fraction of sp³-hybridized carbons (Fsp3) is 0.538. The second-order valence-corrected chi connectivity index (χ2v) is 4.28. The highest BCUT2D eigenvalue weighted by molar-refractivity contribution is 5.58. The maximum absolute atomic E-state index is 9.09. The first-order chi connectivity index (χ1) is 7.86. The van der Waals surface area contributed by atoms with Gasteiger partial charge in [-0.15, -0.1) is 0 Å². The van der Waals surface area contributed by atoms with Gasteiger partial charge in [0.1, 0.15) is 6.07 Å². The largest absolute Gasteiger partial charge is 0.366 e. The second-order valence-electron chi connectivity index (χ2n) is 4.28. The zero-order valence-electron chi connectivity index (χ0n) is 9.69. The molecular weight excluding hydrogens is 198 g/mol. The Labute approximate surface area is 96.7 Å². The van der Waals surface area contributed by atoms with Gasteiger partial charge in [-0.2, -0.15) is 5.26 Å². The minimum atomic E-state index is 0.642. The molecule has 0 bridgehead atoms. The molecule has 1 aromatic rings.